The second-order valence-electron chi connectivity index (χ2n) is 2.11. The quantitative estimate of drug-likeness (QED) is 0.606. The minimum absolute atomic E-state index is 1.08. The maximum atomic E-state index is 3.59. The largest absolute Gasteiger partial charge is 0.365 e. The Bertz CT molecular complexity index is 185. The van der Waals surface area contributed by atoms with Crippen LogP contribution in [0.3, 0.4) is 0 Å². The zero-order chi connectivity index (χ0) is 8.53. The van der Waals surface area contributed by atoms with E-state index in [4.69, 9.17) is 0 Å². The molecule has 0 radical (unpaired) electrons. The molecule has 1 nitrogen and oxygen atoms in total. The Morgan fingerprint density at radius 3 is 2.64 bits per heavy atom. The summed E-state index contributed by atoms with van der Waals surface area (Å²) in [5.41, 5.74) is 1.08. The molecule has 0 aliphatic heterocycles. The molecule has 0 bridgehead atoms. The van der Waals surface area contributed by atoms with Gasteiger partial charge in [0.15, 0.2) is 0 Å². The van der Waals surface area contributed by atoms with Gasteiger partial charge in [0.05, 0.1) is 0 Å². The van der Waals surface area contributed by atoms with Crippen LogP contribution in [0.25, 0.3) is 0 Å². The molecule has 0 saturated heterocycles. The van der Waals surface area contributed by atoms with Crippen molar-refractivity contribution in [3.05, 3.63) is 48.9 Å². The molecule has 0 aromatic heterocycles. The lowest BCUT2D eigenvalue weighted by Gasteiger charge is -1.95. The highest BCUT2D eigenvalue weighted by atomic mass is 14.8. The van der Waals surface area contributed by atoms with Gasteiger partial charge in [0.2, 0.25) is 0 Å². The lowest BCUT2D eigenvalue weighted by atomic mass is 10.4. The van der Waals surface area contributed by atoms with Crippen LogP contribution in [-0.2, 0) is 0 Å². The van der Waals surface area contributed by atoms with Crippen molar-refractivity contribution in [1.29, 1.82) is 0 Å². The normalized spacial score (nSPS) is 12.7. The molecule has 1 N–H and O–H groups in total. The Hall–Kier alpha value is -1.24. The highest BCUT2D eigenvalue weighted by Gasteiger charge is 1.76. The maximum absolute atomic E-state index is 3.59. The molecular formula is C10H15N. The molecule has 0 aromatic rings. The van der Waals surface area contributed by atoms with Crippen molar-refractivity contribution in [2.24, 2.45) is 0 Å². The zero-order valence-corrected chi connectivity index (χ0v) is 7.17. The van der Waals surface area contributed by atoms with E-state index in [0.29, 0.717) is 0 Å². The van der Waals surface area contributed by atoms with Crippen LogP contribution in [-0.4, -0.2) is 0 Å². The smallest absolute Gasteiger partial charge is 0.0114 e. The minimum atomic E-state index is 1.08. The SMILES string of the molecule is C=C/C=C(/C)N/C=C/C=C\C. The third-order valence-electron chi connectivity index (χ3n) is 1.08. The summed E-state index contributed by atoms with van der Waals surface area (Å²) in [4.78, 5) is 0. The van der Waals surface area contributed by atoms with Gasteiger partial charge in [-0.1, -0.05) is 24.8 Å². The molecule has 0 rings (SSSR count). The Labute approximate surface area is 68.8 Å². The van der Waals surface area contributed by atoms with Crippen molar-refractivity contribution >= 4 is 0 Å². The molecule has 60 valence electrons. The Kier molecular flexibility index (Phi) is 6.10. The first-order chi connectivity index (χ1) is 5.31. The van der Waals surface area contributed by atoms with E-state index >= 15 is 0 Å². The molecule has 0 saturated carbocycles. The molecule has 0 aliphatic rings. The van der Waals surface area contributed by atoms with E-state index in [1.165, 1.54) is 0 Å². The number of hydrogen-bond acceptors (Lipinski definition) is 1. The van der Waals surface area contributed by atoms with Crippen LogP contribution >= 0.6 is 0 Å². The van der Waals surface area contributed by atoms with Crippen molar-refractivity contribution in [3.8, 4) is 0 Å². The molecule has 0 amide bonds. The van der Waals surface area contributed by atoms with E-state index in [2.05, 4.69) is 11.9 Å². The van der Waals surface area contributed by atoms with Gasteiger partial charge >= 0.3 is 0 Å². The van der Waals surface area contributed by atoms with E-state index < -0.39 is 0 Å². The highest BCUT2D eigenvalue weighted by molar-refractivity contribution is 5.10. The average Bonchev–Trinajstić information content (AvgIpc) is 1.99. The van der Waals surface area contributed by atoms with E-state index in [9.17, 15) is 0 Å². The Balaban J connectivity index is 3.69. The van der Waals surface area contributed by atoms with Gasteiger partial charge in [-0.2, -0.15) is 0 Å². The fourth-order valence-corrected chi connectivity index (χ4v) is 0.571. The topological polar surface area (TPSA) is 12.0 Å². The Morgan fingerprint density at radius 2 is 2.09 bits per heavy atom. The van der Waals surface area contributed by atoms with Crippen LogP contribution in [0.4, 0.5) is 0 Å². The highest BCUT2D eigenvalue weighted by Crippen LogP contribution is 1.85. The minimum Gasteiger partial charge on any atom is -0.365 e. The predicted octanol–water partition coefficient (Wildman–Crippen LogP) is 2.76. The second kappa shape index (κ2) is 6.87. The average molecular weight is 149 g/mol. The third-order valence-corrected chi connectivity index (χ3v) is 1.08. The van der Waals surface area contributed by atoms with Crippen LogP contribution in [0, 0.1) is 0 Å². The van der Waals surface area contributed by atoms with Crippen LogP contribution in [0.5, 0.6) is 0 Å². The monoisotopic (exact) mass is 149 g/mol. The standard InChI is InChI=1S/C10H15N/c1-4-6-7-9-11-10(3)8-5-2/h4-9,11H,2H2,1,3H3/b6-4-,9-7+,10-8-. The van der Waals surface area contributed by atoms with Crippen molar-refractivity contribution in [3.63, 3.8) is 0 Å². The van der Waals surface area contributed by atoms with Crippen LogP contribution in [0.15, 0.2) is 48.9 Å². The lowest BCUT2D eigenvalue weighted by molar-refractivity contribution is 1.06. The third kappa shape index (κ3) is 6.65. The molecule has 0 atom stereocenters. The van der Waals surface area contributed by atoms with Gasteiger partial charge in [-0.3, -0.25) is 0 Å². The summed E-state index contributed by atoms with van der Waals surface area (Å²) in [7, 11) is 0. The number of hydrogen-bond donors (Lipinski definition) is 1. The lowest BCUT2D eigenvalue weighted by Crippen LogP contribution is -1.99. The molecule has 11 heavy (non-hydrogen) atoms. The molecule has 0 fully saturated rings. The van der Waals surface area contributed by atoms with Gasteiger partial charge in [0.25, 0.3) is 0 Å². The van der Waals surface area contributed by atoms with Gasteiger partial charge in [0.1, 0.15) is 0 Å². The molecule has 0 spiro atoms. The number of rotatable bonds is 4. The molecular weight excluding hydrogens is 134 g/mol. The summed E-state index contributed by atoms with van der Waals surface area (Å²) < 4.78 is 0. The van der Waals surface area contributed by atoms with Crippen molar-refractivity contribution < 1.29 is 0 Å². The molecule has 0 aromatic carbocycles. The predicted molar refractivity (Wildman–Crippen MR) is 51.0 cm³/mol. The number of allylic oxidation sites excluding steroid dienone is 6. The van der Waals surface area contributed by atoms with Crippen LogP contribution in [0.2, 0.25) is 0 Å². The maximum Gasteiger partial charge on any atom is 0.0114 e. The van der Waals surface area contributed by atoms with E-state index in [0.717, 1.165) is 5.70 Å². The summed E-state index contributed by atoms with van der Waals surface area (Å²) in [5.74, 6) is 0. The van der Waals surface area contributed by atoms with Crippen LogP contribution in [0.1, 0.15) is 13.8 Å². The van der Waals surface area contributed by atoms with Crippen molar-refractivity contribution in [1.82, 2.24) is 5.32 Å². The van der Waals surface area contributed by atoms with Gasteiger partial charge in [0, 0.05) is 11.9 Å². The van der Waals surface area contributed by atoms with Crippen molar-refractivity contribution in [2.45, 2.75) is 13.8 Å². The zero-order valence-electron chi connectivity index (χ0n) is 7.17. The van der Waals surface area contributed by atoms with Gasteiger partial charge in [-0.05, 0) is 26.0 Å². The number of nitrogens with one attached hydrogen (secondary N) is 1. The first-order valence-corrected chi connectivity index (χ1v) is 3.65. The van der Waals surface area contributed by atoms with Crippen LogP contribution < -0.4 is 5.32 Å². The Morgan fingerprint density at radius 1 is 1.36 bits per heavy atom. The first-order valence-electron chi connectivity index (χ1n) is 3.65. The molecule has 1 heteroatoms. The molecule has 0 aliphatic carbocycles. The van der Waals surface area contributed by atoms with Gasteiger partial charge < -0.3 is 5.32 Å². The van der Waals surface area contributed by atoms with E-state index in [-0.39, 0.29) is 0 Å². The summed E-state index contributed by atoms with van der Waals surface area (Å²) in [6, 6.07) is 0. The van der Waals surface area contributed by atoms with E-state index in [1.807, 2.05) is 44.4 Å². The van der Waals surface area contributed by atoms with Gasteiger partial charge in [-0.25, -0.2) is 0 Å². The summed E-state index contributed by atoms with van der Waals surface area (Å²) in [6.45, 7) is 7.56. The first kappa shape index (κ1) is 9.76. The second-order valence-corrected chi connectivity index (χ2v) is 2.11. The summed E-state index contributed by atoms with van der Waals surface area (Å²) in [6.07, 6.45) is 11.4. The summed E-state index contributed by atoms with van der Waals surface area (Å²) in [5, 5.41) is 3.08. The van der Waals surface area contributed by atoms with Crippen molar-refractivity contribution in [2.75, 3.05) is 0 Å². The molecule has 0 heterocycles. The van der Waals surface area contributed by atoms with Gasteiger partial charge in [-0.15, -0.1) is 0 Å². The fourth-order valence-electron chi connectivity index (χ4n) is 0.571. The summed E-state index contributed by atoms with van der Waals surface area (Å²) >= 11 is 0. The van der Waals surface area contributed by atoms with E-state index in [1.54, 1.807) is 6.08 Å². The molecule has 0 unspecified atom stereocenters. The fraction of sp³-hybridized carbons (Fsp3) is 0.200.